The molecule has 1 amide bonds. The number of aryl methyl sites for hydroxylation is 1. The molecule has 0 unspecified atom stereocenters. The molecule has 0 atom stereocenters. The van der Waals surface area contributed by atoms with Crippen molar-refractivity contribution >= 4 is 11.6 Å². The van der Waals surface area contributed by atoms with E-state index in [1.807, 2.05) is 47.1 Å². The molecule has 0 saturated carbocycles. The fraction of sp³-hybridized carbons (Fsp3) is 0.192. The highest BCUT2D eigenvalue weighted by atomic mass is 16.2. The molecule has 5 rings (SSSR count). The average Bonchev–Trinajstić information content (AvgIpc) is 3.40. The van der Waals surface area contributed by atoms with E-state index in [0.29, 0.717) is 17.9 Å². The lowest BCUT2D eigenvalue weighted by Gasteiger charge is -2.08. The van der Waals surface area contributed by atoms with E-state index in [4.69, 9.17) is 0 Å². The Morgan fingerprint density at radius 2 is 1.78 bits per heavy atom. The summed E-state index contributed by atoms with van der Waals surface area (Å²) in [7, 11) is 0. The molecule has 6 heteroatoms. The largest absolute Gasteiger partial charge is 0.321 e. The number of hydrogen-bond donors (Lipinski definition) is 1. The minimum absolute atomic E-state index is 0.0390. The summed E-state index contributed by atoms with van der Waals surface area (Å²) in [6.07, 6.45) is 4.60. The van der Waals surface area contributed by atoms with Crippen LogP contribution in [-0.2, 0) is 19.4 Å². The Morgan fingerprint density at radius 3 is 2.53 bits per heavy atom. The van der Waals surface area contributed by atoms with Gasteiger partial charge in [-0.2, -0.15) is 5.10 Å². The molecule has 1 N–H and O–H groups in total. The monoisotopic (exact) mass is 424 g/mol. The van der Waals surface area contributed by atoms with Crippen molar-refractivity contribution in [2.24, 2.45) is 0 Å². The first-order valence-electron chi connectivity index (χ1n) is 10.8. The second kappa shape index (κ2) is 8.30. The molecule has 32 heavy (non-hydrogen) atoms. The first-order chi connectivity index (χ1) is 15.6. The van der Waals surface area contributed by atoms with Gasteiger partial charge in [-0.3, -0.25) is 9.59 Å². The molecule has 0 saturated heterocycles. The fourth-order valence-electron chi connectivity index (χ4n) is 4.19. The van der Waals surface area contributed by atoms with E-state index in [2.05, 4.69) is 29.5 Å². The average molecular weight is 425 g/mol. The minimum atomic E-state index is -0.193. The molecule has 2 heterocycles. The summed E-state index contributed by atoms with van der Waals surface area (Å²) in [5, 5.41) is 7.66. The molecule has 0 aliphatic heterocycles. The summed E-state index contributed by atoms with van der Waals surface area (Å²) in [5.74, 6) is -0.193. The molecule has 1 aliphatic rings. The lowest BCUT2D eigenvalue weighted by Crippen LogP contribution is -2.18. The third-order valence-electron chi connectivity index (χ3n) is 5.89. The van der Waals surface area contributed by atoms with Crippen molar-refractivity contribution < 1.29 is 4.79 Å². The SMILES string of the molecule is Cc1ccc(-n2nc(C(=O)Nc3ccc(Cn4ccccc4=O)cc3)c3c2CCC3)cc1. The lowest BCUT2D eigenvalue weighted by molar-refractivity contribution is 0.102. The predicted octanol–water partition coefficient (Wildman–Crippen LogP) is 4.13. The van der Waals surface area contributed by atoms with Crippen molar-refractivity contribution in [3.63, 3.8) is 0 Å². The second-order valence-corrected chi connectivity index (χ2v) is 8.19. The summed E-state index contributed by atoms with van der Waals surface area (Å²) in [6.45, 7) is 2.54. The van der Waals surface area contributed by atoms with Gasteiger partial charge >= 0.3 is 0 Å². The smallest absolute Gasteiger partial charge is 0.276 e. The molecule has 1 aliphatic carbocycles. The topological polar surface area (TPSA) is 68.9 Å². The fourth-order valence-corrected chi connectivity index (χ4v) is 4.19. The zero-order valence-corrected chi connectivity index (χ0v) is 17.9. The zero-order valence-electron chi connectivity index (χ0n) is 17.9. The number of amides is 1. The number of anilines is 1. The zero-order chi connectivity index (χ0) is 22.1. The molecule has 2 aromatic heterocycles. The van der Waals surface area contributed by atoms with Gasteiger partial charge in [0.25, 0.3) is 11.5 Å². The van der Waals surface area contributed by atoms with Crippen LogP contribution in [0.1, 0.15) is 39.3 Å². The first kappa shape index (κ1) is 20.0. The van der Waals surface area contributed by atoms with Gasteiger partial charge in [-0.05, 0) is 62.1 Å². The van der Waals surface area contributed by atoms with Crippen LogP contribution >= 0.6 is 0 Å². The predicted molar refractivity (Wildman–Crippen MR) is 125 cm³/mol. The first-order valence-corrected chi connectivity index (χ1v) is 10.8. The van der Waals surface area contributed by atoms with Crippen LogP contribution in [0.5, 0.6) is 0 Å². The quantitative estimate of drug-likeness (QED) is 0.524. The Hall–Kier alpha value is -3.93. The number of aromatic nitrogens is 3. The van der Waals surface area contributed by atoms with Crippen LogP contribution in [0.25, 0.3) is 5.69 Å². The van der Waals surface area contributed by atoms with E-state index < -0.39 is 0 Å². The van der Waals surface area contributed by atoms with Crippen LogP contribution in [-0.4, -0.2) is 20.3 Å². The molecule has 0 bridgehead atoms. The molecular formula is C26H24N4O2. The number of fused-ring (bicyclic) bond motifs is 1. The number of nitrogens with one attached hydrogen (secondary N) is 1. The van der Waals surface area contributed by atoms with Gasteiger partial charge in [0.2, 0.25) is 0 Å². The number of benzene rings is 2. The van der Waals surface area contributed by atoms with Crippen molar-refractivity contribution in [2.75, 3.05) is 5.32 Å². The van der Waals surface area contributed by atoms with Gasteiger partial charge in [-0.1, -0.05) is 35.9 Å². The third kappa shape index (κ3) is 3.87. The van der Waals surface area contributed by atoms with Crippen LogP contribution in [0.3, 0.4) is 0 Å². The Bertz CT molecular complexity index is 1330. The van der Waals surface area contributed by atoms with Crippen LogP contribution in [0.15, 0.2) is 77.7 Å². The van der Waals surface area contributed by atoms with Gasteiger partial charge in [0, 0.05) is 29.2 Å². The van der Waals surface area contributed by atoms with Gasteiger partial charge in [-0.25, -0.2) is 4.68 Å². The van der Waals surface area contributed by atoms with E-state index in [-0.39, 0.29) is 11.5 Å². The van der Waals surface area contributed by atoms with Gasteiger partial charge in [0.05, 0.1) is 12.2 Å². The summed E-state index contributed by atoms with van der Waals surface area (Å²) in [6, 6.07) is 20.9. The highest BCUT2D eigenvalue weighted by Crippen LogP contribution is 2.28. The molecule has 0 fully saturated rings. The van der Waals surface area contributed by atoms with Crippen molar-refractivity contribution in [1.29, 1.82) is 0 Å². The molecule has 2 aromatic carbocycles. The van der Waals surface area contributed by atoms with Gasteiger partial charge in [0.1, 0.15) is 0 Å². The normalized spacial score (nSPS) is 12.5. The molecular weight excluding hydrogens is 400 g/mol. The van der Waals surface area contributed by atoms with Crippen LogP contribution in [0.4, 0.5) is 5.69 Å². The lowest BCUT2D eigenvalue weighted by atomic mass is 10.1. The summed E-state index contributed by atoms with van der Waals surface area (Å²) >= 11 is 0. The minimum Gasteiger partial charge on any atom is -0.321 e. The molecule has 160 valence electrons. The molecule has 0 spiro atoms. The maximum atomic E-state index is 13.1. The van der Waals surface area contributed by atoms with E-state index >= 15 is 0 Å². The Kier molecular flexibility index (Phi) is 5.19. The number of hydrogen-bond acceptors (Lipinski definition) is 3. The van der Waals surface area contributed by atoms with Crippen LogP contribution < -0.4 is 10.9 Å². The standard InChI is InChI=1S/C26H24N4O2/c1-18-8-14-21(15-9-18)30-23-6-4-5-22(23)25(28-30)26(32)27-20-12-10-19(11-13-20)17-29-16-3-2-7-24(29)31/h2-3,7-16H,4-6,17H2,1H3,(H,27,32). The van der Waals surface area contributed by atoms with Crippen LogP contribution in [0, 0.1) is 6.92 Å². The number of carbonyl (C=O) groups excluding carboxylic acids is 1. The number of pyridine rings is 1. The van der Waals surface area contributed by atoms with E-state index in [9.17, 15) is 9.59 Å². The highest BCUT2D eigenvalue weighted by molar-refractivity contribution is 6.04. The summed E-state index contributed by atoms with van der Waals surface area (Å²) < 4.78 is 3.56. The molecule has 6 nitrogen and oxygen atoms in total. The van der Waals surface area contributed by atoms with Gasteiger partial charge in [0.15, 0.2) is 5.69 Å². The molecule has 0 radical (unpaired) electrons. The Balaban J connectivity index is 1.35. The Labute approximate surface area is 186 Å². The van der Waals surface area contributed by atoms with Crippen molar-refractivity contribution in [1.82, 2.24) is 14.3 Å². The highest BCUT2D eigenvalue weighted by Gasteiger charge is 2.27. The molecule has 4 aromatic rings. The third-order valence-corrected chi connectivity index (χ3v) is 5.89. The summed E-state index contributed by atoms with van der Waals surface area (Å²) in [5.41, 5.74) is 6.49. The van der Waals surface area contributed by atoms with Crippen molar-refractivity contribution in [3.05, 3.63) is 111 Å². The number of nitrogens with zero attached hydrogens (tertiary/aromatic N) is 3. The van der Waals surface area contributed by atoms with Crippen LogP contribution in [0.2, 0.25) is 0 Å². The number of rotatable bonds is 5. The van der Waals surface area contributed by atoms with Gasteiger partial charge in [-0.15, -0.1) is 0 Å². The van der Waals surface area contributed by atoms with E-state index in [1.165, 1.54) is 5.56 Å². The summed E-state index contributed by atoms with van der Waals surface area (Å²) in [4.78, 5) is 25.0. The number of carbonyl (C=O) groups is 1. The van der Waals surface area contributed by atoms with Gasteiger partial charge < -0.3 is 9.88 Å². The second-order valence-electron chi connectivity index (χ2n) is 8.19. The van der Waals surface area contributed by atoms with Crippen molar-refractivity contribution in [2.45, 2.75) is 32.7 Å². The van der Waals surface area contributed by atoms with E-state index in [0.717, 1.165) is 41.8 Å². The maximum Gasteiger partial charge on any atom is 0.276 e. The Morgan fingerprint density at radius 1 is 1.00 bits per heavy atom. The maximum absolute atomic E-state index is 13.1. The van der Waals surface area contributed by atoms with E-state index in [1.54, 1.807) is 22.9 Å². The van der Waals surface area contributed by atoms with Crippen molar-refractivity contribution in [3.8, 4) is 5.69 Å².